The summed E-state index contributed by atoms with van der Waals surface area (Å²) in [7, 11) is 0. The van der Waals surface area contributed by atoms with Crippen LogP contribution in [0.2, 0.25) is 0 Å². The highest BCUT2D eigenvalue weighted by Gasteiger charge is 2.25. The summed E-state index contributed by atoms with van der Waals surface area (Å²) >= 11 is 3.09. The van der Waals surface area contributed by atoms with Crippen LogP contribution in [-0.4, -0.2) is 45.5 Å². The fourth-order valence-electron chi connectivity index (χ4n) is 3.20. The van der Waals surface area contributed by atoms with Crippen LogP contribution in [0.25, 0.3) is 22.4 Å². The summed E-state index contributed by atoms with van der Waals surface area (Å²) in [5.41, 5.74) is 3.37. The Morgan fingerprint density at radius 3 is 2.55 bits per heavy atom. The van der Waals surface area contributed by atoms with Crippen molar-refractivity contribution in [2.45, 2.75) is 45.3 Å². The summed E-state index contributed by atoms with van der Waals surface area (Å²) in [6.45, 7) is 5.39. The average molecular weight is 484 g/mol. The van der Waals surface area contributed by atoms with E-state index in [1.807, 2.05) is 42.0 Å². The number of carbonyl (C=O) groups is 2. The lowest BCUT2D eigenvalue weighted by Gasteiger charge is -2.23. The molecule has 1 aromatic carbocycles. The van der Waals surface area contributed by atoms with Gasteiger partial charge in [-0.2, -0.15) is 11.8 Å². The Morgan fingerprint density at radius 2 is 1.85 bits per heavy atom. The van der Waals surface area contributed by atoms with Gasteiger partial charge in [0, 0.05) is 23.3 Å². The van der Waals surface area contributed by atoms with Gasteiger partial charge in [-0.25, -0.2) is 9.78 Å². The quantitative estimate of drug-likeness (QED) is 0.425. The Balaban J connectivity index is 1.70. The molecular formula is C25H29N3O3S2. The number of pyridine rings is 1. The van der Waals surface area contributed by atoms with Crippen LogP contribution >= 0.6 is 23.1 Å². The number of nitrogens with zero attached hydrogens (tertiary/aromatic N) is 2. The van der Waals surface area contributed by atoms with E-state index in [1.165, 1.54) is 11.3 Å². The van der Waals surface area contributed by atoms with Gasteiger partial charge in [0.15, 0.2) is 5.78 Å². The predicted molar refractivity (Wildman–Crippen MR) is 136 cm³/mol. The van der Waals surface area contributed by atoms with E-state index in [1.54, 1.807) is 44.9 Å². The van der Waals surface area contributed by atoms with Gasteiger partial charge in [-0.15, -0.1) is 11.3 Å². The van der Waals surface area contributed by atoms with Crippen molar-refractivity contribution in [2.24, 2.45) is 0 Å². The summed E-state index contributed by atoms with van der Waals surface area (Å²) in [6, 6.07) is 11.5. The molecule has 0 bridgehead atoms. The van der Waals surface area contributed by atoms with Crippen molar-refractivity contribution >= 4 is 35.0 Å². The molecule has 1 N–H and O–H groups in total. The zero-order valence-electron chi connectivity index (χ0n) is 19.3. The number of alkyl carbamates (subject to hydrolysis) is 1. The highest BCUT2D eigenvalue weighted by atomic mass is 32.2. The molecule has 0 radical (unpaired) electrons. The number of thioether (sulfide) groups is 1. The maximum atomic E-state index is 13.0. The summed E-state index contributed by atoms with van der Waals surface area (Å²) in [4.78, 5) is 34.0. The van der Waals surface area contributed by atoms with E-state index in [2.05, 4.69) is 16.4 Å². The van der Waals surface area contributed by atoms with Crippen molar-refractivity contribution in [3.8, 4) is 22.4 Å². The number of rotatable bonds is 9. The van der Waals surface area contributed by atoms with Gasteiger partial charge in [-0.05, 0) is 68.5 Å². The molecule has 174 valence electrons. The van der Waals surface area contributed by atoms with Gasteiger partial charge in [0.05, 0.1) is 18.2 Å². The molecule has 1 atom stereocenters. The van der Waals surface area contributed by atoms with Gasteiger partial charge in [-0.1, -0.05) is 18.2 Å². The monoisotopic (exact) mass is 483 g/mol. The van der Waals surface area contributed by atoms with E-state index in [9.17, 15) is 9.59 Å². The molecule has 8 heteroatoms. The maximum absolute atomic E-state index is 13.0. The Bertz CT molecular complexity index is 1080. The summed E-state index contributed by atoms with van der Waals surface area (Å²) in [5, 5.41) is 5.43. The lowest BCUT2D eigenvalue weighted by atomic mass is 10.0. The molecule has 0 fully saturated rings. The summed E-state index contributed by atoms with van der Waals surface area (Å²) in [5.74, 6) is 0.693. The molecule has 2 aromatic heterocycles. The highest BCUT2D eigenvalue weighted by Crippen LogP contribution is 2.27. The second-order valence-electron chi connectivity index (χ2n) is 8.57. The Hall–Kier alpha value is -2.71. The first-order chi connectivity index (χ1) is 15.7. The first-order valence-electron chi connectivity index (χ1n) is 10.7. The van der Waals surface area contributed by atoms with E-state index < -0.39 is 17.7 Å². The van der Waals surface area contributed by atoms with E-state index >= 15 is 0 Å². The largest absolute Gasteiger partial charge is 0.444 e. The lowest BCUT2D eigenvalue weighted by Crippen LogP contribution is -2.44. The molecule has 3 aromatic rings. The maximum Gasteiger partial charge on any atom is 0.408 e. The van der Waals surface area contributed by atoms with Gasteiger partial charge in [0.2, 0.25) is 0 Å². The van der Waals surface area contributed by atoms with Gasteiger partial charge in [0.25, 0.3) is 0 Å². The van der Waals surface area contributed by atoms with Crippen molar-refractivity contribution in [1.29, 1.82) is 0 Å². The number of amides is 1. The lowest BCUT2D eigenvalue weighted by molar-refractivity contribution is -0.120. The number of nitrogens with one attached hydrogen (secondary N) is 1. The molecular weight excluding hydrogens is 454 g/mol. The number of carbonyl (C=O) groups excluding carboxylic acids is 2. The van der Waals surface area contributed by atoms with Crippen LogP contribution in [0.4, 0.5) is 4.79 Å². The third-order valence-corrected chi connectivity index (χ3v) is 6.23. The molecule has 0 aliphatic heterocycles. The topological polar surface area (TPSA) is 81.2 Å². The Labute approximate surface area is 203 Å². The minimum absolute atomic E-state index is 0.0682. The first kappa shape index (κ1) is 24.9. The molecule has 0 unspecified atom stereocenters. The molecule has 1 amide bonds. The van der Waals surface area contributed by atoms with Crippen LogP contribution in [0.5, 0.6) is 0 Å². The van der Waals surface area contributed by atoms with E-state index in [0.717, 1.165) is 33.1 Å². The second kappa shape index (κ2) is 11.4. The van der Waals surface area contributed by atoms with E-state index in [0.29, 0.717) is 6.42 Å². The van der Waals surface area contributed by atoms with E-state index in [4.69, 9.17) is 9.72 Å². The summed E-state index contributed by atoms with van der Waals surface area (Å²) < 4.78 is 5.33. The summed E-state index contributed by atoms with van der Waals surface area (Å²) in [6.07, 6.45) is 5.66. The van der Waals surface area contributed by atoms with Gasteiger partial charge < -0.3 is 10.1 Å². The zero-order valence-corrected chi connectivity index (χ0v) is 21.0. The number of ketones is 1. The van der Waals surface area contributed by atoms with Crippen molar-refractivity contribution < 1.29 is 14.3 Å². The molecule has 0 saturated heterocycles. The molecule has 0 aliphatic rings. The number of hydrogen-bond acceptors (Lipinski definition) is 7. The van der Waals surface area contributed by atoms with Crippen molar-refractivity contribution in [3.63, 3.8) is 0 Å². The van der Waals surface area contributed by atoms with Gasteiger partial charge in [-0.3, -0.25) is 9.78 Å². The molecule has 0 saturated carbocycles. The number of hydrogen-bond donors (Lipinski definition) is 1. The zero-order chi connectivity index (χ0) is 23.8. The normalized spacial score (nSPS) is 12.2. The minimum atomic E-state index is -0.619. The Kier molecular flexibility index (Phi) is 8.63. The third-order valence-electron chi connectivity index (χ3n) is 4.74. The Morgan fingerprint density at radius 1 is 1.12 bits per heavy atom. The molecule has 33 heavy (non-hydrogen) atoms. The van der Waals surface area contributed by atoms with Crippen molar-refractivity contribution in [2.75, 3.05) is 12.0 Å². The SMILES string of the molecule is CSCC[C@H](NC(=O)OC(C)(C)C)C(=O)Cc1nc(-c2cccc(-c3ccncc3)c2)cs1. The van der Waals surface area contributed by atoms with Crippen LogP contribution in [-0.2, 0) is 16.0 Å². The molecule has 0 aliphatic carbocycles. The van der Waals surface area contributed by atoms with Crippen LogP contribution in [0.15, 0.2) is 54.2 Å². The minimum Gasteiger partial charge on any atom is -0.444 e. The third kappa shape index (κ3) is 7.68. The average Bonchev–Trinajstić information content (AvgIpc) is 3.24. The predicted octanol–water partition coefficient (Wildman–Crippen LogP) is 5.63. The molecule has 0 spiro atoms. The number of ether oxygens (including phenoxy) is 1. The number of thiazole rings is 1. The fraction of sp³-hybridized carbons (Fsp3) is 0.360. The van der Waals surface area contributed by atoms with Crippen molar-refractivity contribution in [1.82, 2.24) is 15.3 Å². The first-order valence-corrected chi connectivity index (χ1v) is 13.0. The molecule has 3 rings (SSSR count). The van der Waals surface area contributed by atoms with Gasteiger partial charge in [0.1, 0.15) is 10.6 Å². The smallest absolute Gasteiger partial charge is 0.408 e. The number of benzene rings is 1. The fourth-order valence-corrected chi connectivity index (χ4v) is 4.48. The molecule has 6 nitrogen and oxygen atoms in total. The van der Waals surface area contributed by atoms with Crippen LogP contribution in [0.3, 0.4) is 0 Å². The number of aromatic nitrogens is 2. The van der Waals surface area contributed by atoms with Gasteiger partial charge >= 0.3 is 6.09 Å². The second-order valence-corrected chi connectivity index (χ2v) is 10.5. The highest BCUT2D eigenvalue weighted by molar-refractivity contribution is 7.98. The van der Waals surface area contributed by atoms with Crippen LogP contribution < -0.4 is 5.32 Å². The number of Topliss-reactive ketones (excluding diaryl/α,β-unsaturated/α-hetero) is 1. The van der Waals surface area contributed by atoms with Crippen LogP contribution in [0, 0.1) is 0 Å². The van der Waals surface area contributed by atoms with E-state index in [-0.39, 0.29) is 12.2 Å². The van der Waals surface area contributed by atoms with Crippen molar-refractivity contribution in [3.05, 3.63) is 59.2 Å². The standard InChI is InChI=1S/C25H29N3O3S2/c1-25(2,3)31-24(30)28-20(10-13-32-4)22(29)15-23-27-21(16-33-23)19-7-5-6-18(14-19)17-8-11-26-12-9-17/h5-9,11-12,14,16,20H,10,13,15H2,1-4H3,(H,28,30)/t20-/m0/s1. The molecule has 2 heterocycles. The van der Waals surface area contributed by atoms with Crippen LogP contribution in [0.1, 0.15) is 32.2 Å².